The first-order valence-electron chi connectivity index (χ1n) is 17.6. The summed E-state index contributed by atoms with van der Waals surface area (Å²) in [6.45, 7) is 4.06. The Hall–Kier alpha value is -1.65. The fraction of sp³-hybridized carbons (Fsp3) is 0.632. The number of ether oxygens (including phenoxy) is 4. The topological polar surface area (TPSA) is 71.1 Å². The quantitative estimate of drug-likeness (QED) is 0.191. The number of hydrogen-bond acceptors (Lipinski definition) is 6. The fourth-order valence-electron chi connectivity index (χ4n) is 11.0. The normalized spacial score (nSPS) is 38.2. The van der Waals surface area contributed by atoms with Gasteiger partial charge in [0.25, 0.3) is 0 Å². The van der Waals surface area contributed by atoms with Crippen LogP contribution in [0.5, 0.6) is 11.5 Å². The molecule has 0 unspecified atom stereocenters. The van der Waals surface area contributed by atoms with Crippen LogP contribution in [0.2, 0.25) is 0 Å². The van der Waals surface area contributed by atoms with Crippen LogP contribution in [0.3, 0.4) is 0 Å². The van der Waals surface area contributed by atoms with Gasteiger partial charge in [-0.2, -0.15) is 0 Å². The van der Waals surface area contributed by atoms with Crippen molar-refractivity contribution in [2.24, 2.45) is 47.3 Å². The van der Waals surface area contributed by atoms with Gasteiger partial charge in [-0.1, -0.05) is 0 Å². The van der Waals surface area contributed by atoms with Crippen molar-refractivity contribution in [2.45, 2.75) is 89.3 Å². The van der Waals surface area contributed by atoms with Crippen molar-refractivity contribution < 1.29 is 28.5 Å². The van der Waals surface area contributed by atoms with Gasteiger partial charge in [0, 0.05) is 0 Å². The van der Waals surface area contributed by atoms with Crippen molar-refractivity contribution in [3.05, 3.63) is 48.5 Å². The monoisotopic (exact) mass is 798 g/mol. The van der Waals surface area contributed by atoms with E-state index in [1.165, 1.54) is 64.2 Å². The molecule has 0 aliphatic heterocycles. The molecule has 0 spiro atoms. The molecule has 8 bridgehead atoms. The third-order valence-electron chi connectivity index (χ3n) is 13.1. The molecule has 2 aromatic rings. The van der Waals surface area contributed by atoms with Gasteiger partial charge >= 0.3 is 279 Å². The molecule has 8 aliphatic carbocycles. The second-order valence-corrected chi connectivity index (χ2v) is 28.6. The summed E-state index contributed by atoms with van der Waals surface area (Å²) in [6.07, 6.45) is 12.2. The first kappa shape index (κ1) is 32.5. The third-order valence-corrected chi connectivity index (χ3v) is 22.9. The summed E-state index contributed by atoms with van der Waals surface area (Å²) in [5, 5.41) is 0. The predicted octanol–water partition coefficient (Wildman–Crippen LogP) is 6.99. The zero-order valence-electron chi connectivity index (χ0n) is 27.3. The molecule has 0 saturated heterocycles. The van der Waals surface area contributed by atoms with Crippen molar-refractivity contribution in [2.75, 3.05) is 13.2 Å². The number of benzene rings is 2. The second-order valence-electron chi connectivity index (χ2n) is 15.9. The van der Waals surface area contributed by atoms with Crippen molar-refractivity contribution in [1.82, 2.24) is 0 Å². The molecule has 0 amide bonds. The van der Waals surface area contributed by atoms with E-state index in [-0.39, 0.29) is 36.4 Å². The summed E-state index contributed by atoms with van der Waals surface area (Å²) < 4.78 is 25.6. The molecule has 0 heterocycles. The van der Waals surface area contributed by atoms with E-state index in [1.54, 1.807) is 0 Å². The van der Waals surface area contributed by atoms with E-state index in [1.807, 2.05) is 48.5 Å². The molecule has 2 aromatic carbocycles. The molecule has 8 aliphatic rings. The SMILES string of the molecule is CC1(OC(=O)COc2ccc([Te](Cl)(Cl)c3ccc(OCC(=O)OC4(C)C5CC6CC(C5)CC4C6)cc3)cc2)C2CC3CC(C2)CC1C3. The minimum atomic E-state index is -3.69. The summed E-state index contributed by atoms with van der Waals surface area (Å²) in [6, 6.07) is 14.8. The molecular weight excluding hydrogens is 751 g/mol. The van der Waals surface area contributed by atoms with E-state index in [4.69, 9.17) is 36.9 Å². The van der Waals surface area contributed by atoms with Crippen LogP contribution in [0, 0.1) is 47.3 Å². The maximum absolute atomic E-state index is 12.9. The van der Waals surface area contributed by atoms with Gasteiger partial charge in [0.1, 0.15) is 0 Å². The van der Waals surface area contributed by atoms with Crippen molar-refractivity contribution >= 4 is 53.0 Å². The fourth-order valence-corrected chi connectivity index (χ4v) is 17.2. The van der Waals surface area contributed by atoms with E-state index in [0.717, 1.165) is 30.9 Å². The van der Waals surface area contributed by atoms with Gasteiger partial charge in [-0.3, -0.25) is 0 Å². The van der Waals surface area contributed by atoms with E-state index < -0.39 is 15.9 Å². The number of carbonyl (C=O) groups is 2. The average Bonchev–Trinajstić information content (AvgIpc) is 3.04. The summed E-state index contributed by atoms with van der Waals surface area (Å²) in [5.74, 6) is 5.74. The van der Waals surface area contributed by atoms with E-state index in [2.05, 4.69) is 13.8 Å². The number of hydrogen-bond donors (Lipinski definition) is 0. The Kier molecular flexibility index (Phi) is 8.51. The number of carbonyl (C=O) groups excluding carboxylic acids is 2. The zero-order chi connectivity index (χ0) is 32.6. The van der Waals surface area contributed by atoms with Gasteiger partial charge in [-0.15, -0.1) is 0 Å². The first-order chi connectivity index (χ1) is 22.5. The number of halogens is 2. The molecule has 9 heteroatoms. The molecule has 0 aromatic heterocycles. The van der Waals surface area contributed by atoms with Gasteiger partial charge < -0.3 is 0 Å². The van der Waals surface area contributed by atoms with Crippen LogP contribution >= 0.6 is 17.9 Å². The molecule has 47 heavy (non-hydrogen) atoms. The Morgan fingerprint density at radius 3 is 1.17 bits per heavy atom. The zero-order valence-corrected chi connectivity index (χ0v) is 31.2. The Morgan fingerprint density at radius 2 is 0.872 bits per heavy atom. The first-order valence-corrected chi connectivity index (χ1v) is 25.8. The van der Waals surface area contributed by atoms with Crippen LogP contribution in [0.15, 0.2) is 48.5 Å². The summed E-state index contributed by atoms with van der Waals surface area (Å²) in [7, 11) is 14.1. The Labute approximate surface area is 289 Å². The van der Waals surface area contributed by atoms with Gasteiger partial charge in [0.2, 0.25) is 0 Å². The minimum absolute atomic E-state index is 0.119. The van der Waals surface area contributed by atoms with Gasteiger partial charge in [-0.25, -0.2) is 0 Å². The third kappa shape index (κ3) is 6.08. The van der Waals surface area contributed by atoms with Crippen LogP contribution in [0.1, 0.15) is 78.1 Å². The van der Waals surface area contributed by atoms with Gasteiger partial charge in [0.05, 0.1) is 0 Å². The number of esters is 2. The van der Waals surface area contributed by atoms with Crippen LogP contribution < -0.4 is 16.7 Å². The molecule has 8 saturated carbocycles. The summed E-state index contributed by atoms with van der Waals surface area (Å²) in [5.41, 5.74) is -0.725. The molecule has 0 atom stereocenters. The Bertz CT molecular complexity index is 1340. The van der Waals surface area contributed by atoms with Crippen molar-refractivity contribution in [1.29, 1.82) is 0 Å². The van der Waals surface area contributed by atoms with Crippen molar-refractivity contribution in [3.8, 4) is 11.5 Å². The summed E-state index contributed by atoms with van der Waals surface area (Å²) >= 11 is -3.69. The molecule has 10 rings (SSSR count). The van der Waals surface area contributed by atoms with Crippen LogP contribution in [-0.2, 0) is 19.1 Å². The maximum atomic E-state index is 12.9. The van der Waals surface area contributed by atoms with Crippen LogP contribution in [0.25, 0.3) is 0 Å². The molecule has 0 radical (unpaired) electrons. The Balaban J connectivity index is 0.823. The second kappa shape index (κ2) is 12.3. The van der Waals surface area contributed by atoms with Crippen LogP contribution in [0.4, 0.5) is 0 Å². The molecular formula is C38H46Cl2O6Te. The average molecular weight is 797 g/mol. The molecule has 254 valence electrons. The van der Waals surface area contributed by atoms with E-state index in [9.17, 15) is 9.59 Å². The van der Waals surface area contributed by atoms with Gasteiger partial charge in [0.15, 0.2) is 0 Å². The standard InChI is InChI=1S/C38H46Cl2O6Te/c1-37(27-13-23-11-24(15-27)16-28(37)14-23)45-35(41)21-43-31-3-7-33(8-4-31)47(39,40)34-9-5-32(6-10-34)44-22-36(42)46-38(2)29-17-25-12-26(19-29)20-30(38)18-25/h3-10,23-30H,11-22H2,1-2H3. The van der Waals surface area contributed by atoms with Gasteiger partial charge in [-0.05, 0) is 12.8 Å². The van der Waals surface area contributed by atoms with Crippen molar-refractivity contribution in [3.63, 3.8) is 0 Å². The van der Waals surface area contributed by atoms with E-state index in [0.29, 0.717) is 35.2 Å². The molecule has 6 nitrogen and oxygen atoms in total. The summed E-state index contributed by atoms with van der Waals surface area (Å²) in [4.78, 5) is 25.8. The predicted molar refractivity (Wildman–Crippen MR) is 184 cm³/mol. The molecule has 0 N–H and O–H groups in total. The van der Waals surface area contributed by atoms with Crippen LogP contribution in [-0.4, -0.2) is 52.3 Å². The number of rotatable bonds is 10. The Morgan fingerprint density at radius 1 is 0.574 bits per heavy atom. The van der Waals surface area contributed by atoms with E-state index >= 15 is 0 Å². The molecule has 8 fully saturated rings.